The van der Waals surface area contributed by atoms with Crippen molar-refractivity contribution in [2.45, 2.75) is 44.9 Å². The number of rotatable bonds is 10. The minimum atomic E-state index is -3.95. The Kier molecular flexibility index (Phi) is 9.58. The third kappa shape index (κ3) is 7.59. The molecule has 1 saturated carbocycles. The van der Waals surface area contributed by atoms with Gasteiger partial charge in [-0.25, -0.2) is 14.0 Å². The summed E-state index contributed by atoms with van der Waals surface area (Å²) in [5.74, 6) is 1.97. The monoisotopic (exact) mass is 714 g/mol. The Balaban J connectivity index is 1.12. The van der Waals surface area contributed by atoms with Gasteiger partial charge in [0.25, 0.3) is 0 Å². The highest BCUT2D eigenvalue weighted by Crippen LogP contribution is 2.33. The molecule has 1 aliphatic carbocycles. The van der Waals surface area contributed by atoms with Gasteiger partial charge in [-0.05, 0) is 77.6 Å². The third-order valence-corrected chi connectivity index (χ3v) is 11.0. The zero-order chi connectivity index (χ0) is 34.0. The fourth-order valence-corrected chi connectivity index (χ4v) is 8.09. The molecule has 1 fully saturated rings. The number of imidazole rings is 1. The van der Waals surface area contributed by atoms with Crippen molar-refractivity contribution in [2.75, 3.05) is 10.9 Å². The molecule has 2 N–H and O–H groups in total. The number of nitrogens with one attached hydrogen (secondary N) is 1. The van der Waals surface area contributed by atoms with E-state index in [0.717, 1.165) is 63.3 Å². The number of benzene rings is 4. The van der Waals surface area contributed by atoms with Crippen LogP contribution in [0.2, 0.25) is 10.0 Å². The molecule has 7 rings (SSSR count). The van der Waals surface area contributed by atoms with Gasteiger partial charge in [0.15, 0.2) is 0 Å². The first kappa shape index (κ1) is 33.1. The van der Waals surface area contributed by atoms with Crippen LogP contribution in [-0.2, 0) is 16.6 Å². The van der Waals surface area contributed by atoms with E-state index in [1.807, 2.05) is 35.0 Å². The Morgan fingerprint density at radius 1 is 0.878 bits per heavy atom. The summed E-state index contributed by atoms with van der Waals surface area (Å²) in [6.45, 7) is 0.764. The minimum Gasteiger partial charge on any atom is -0.494 e. The molecule has 49 heavy (non-hydrogen) atoms. The van der Waals surface area contributed by atoms with Crippen LogP contribution >= 0.6 is 23.2 Å². The first-order chi connectivity index (χ1) is 23.7. The highest BCUT2D eigenvalue weighted by Gasteiger charge is 2.29. The Morgan fingerprint density at radius 2 is 1.59 bits per heavy atom. The predicted octanol–water partition coefficient (Wildman–Crippen LogP) is 9.46. The zero-order valence-electron chi connectivity index (χ0n) is 26.7. The Labute approximate surface area is 296 Å². The molecule has 5 aromatic rings. The van der Waals surface area contributed by atoms with Gasteiger partial charge in [-0.15, -0.1) is 0 Å². The van der Waals surface area contributed by atoms with Gasteiger partial charge in [0, 0.05) is 28.9 Å². The standard InChI is InChI=1S/C38H36Cl2N4O4S/c39-30-15-18-34(35(40)22-30)36-24-43(31-7-4-8-32(23-31)44-25-38(45)42-49(44,46)47)37(41-36)21-27-9-11-28(12-10-27)29-13-16-33(17-14-29)48-20-19-26-5-2-1-3-6-26/h4,7-18,22-26,42,45H,1-3,5-6,19-21H2. The number of aromatic nitrogens is 2. The van der Waals surface area contributed by atoms with Crippen LogP contribution in [0.25, 0.3) is 28.1 Å². The fraction of sp³-hybridized carbons (Fsp3) is 0.237. The van der Waals surface area contributed by atoms with Gasteiger partial charge >= 0.3 is 10.2 Å². The van der Waals surface area contributed by atoms with Crippen molar-refractivity contribution in [2.24, 2.45) is 5.92 Å². The Bertz CT molecular complexity index is 2090. The zero-order valence-corrected chi connectivity index (χ0v) is 29.1. The molecule has 0 bridgehead atoms. The van der Waals surface area contributed by atoms with Crippen molar-refractivity contribution in [3.05, 3.63) is 131 Å². The number of hydrogen-bond donors (Lipinski definition) is 2. The van der Waals surface area contributed by atoms with E-state index < -0.39 is 16.1 Å². The van der Waals surface area contributed by atoms with E-state index in [4.69, 9.17) is 32.9 Å². The summed E-state index contributed by atoms with van der Waals surface area (Å²) >= 11 is 12.7. The lowest BCUT2D eigenvalue weighted by atomic mass is 9.87. The van der Waals surface area contributed by atoms with Crippen molar-refractivity contribution in [3.63, 3.8) is 0 Å². The molecule has 0 radical (unpaired) electrons. The fourth-order valence-electron chi connectivity index (χ4n) is 6.54. The Hall–Kier alpha value is -4.44. The maximum Gasteiger partial charge on any atom is 0.330 e. The number of anilines is 1. The van der Waals surface area contributed by atoms with Crippen LogP contribution in [0.1, 0.15) is 49.9 Å². The number of halogens is 2. The minimum absolute atomic E-state index is 0.352. The molecule has 0 spiro atoms. The number of aliphatic hydroxyl groups excluding tert-OH is 1. The van der Waals surface area contributed by atoms with Gasteiger partial charge in [-0.2, -0.15) is 8.42 Å². The summed E-state index contributed by atoms with van der Waals surface area (Å²) in [5, 5.41) is 10.8. The van der Waals surface area contributed by atoms with Gasteiger partial charge in [-0.1, -0.05) is 97.8 Å². The average Bonchev–Trinajstić information content (AvgIpc) is 3.64. The molecule has 8 nitrogen and oxygen atoms in total. The molecule has 0 saturated heterocycles. The summed E-state index contributed by atoms with van der Waals surface area (Å²) in [6, 6.07) is 28.9. The molecule has 4 aromatic carbocycles. The van der Waals surface area contributed by atoms with Crippen LogP contribution < -0.4 is 13.8 Å². The topological polar surface area (TPSA) is 96.7 Å². The lowest BCUT2D eigenvalue weighted by molar-refractivity contribution is 0.246. The molecular formula is C38H36Cl2N4O4S. The number of ether oxygens (including phenoxy) is 1. The van der Waals surface area contributed by atoms with Crippen molar-refractivity contribution < 1.29 is 18.3 Å². The summed E-state index contributed by atoms with van der Waals surface area (Å²) in [7, 11) is -3.95. The average molecular weight is 716 g/mol. The van der Waals surface area contributed by atoms with Gasteiger partial charge in [0.05, 0.1) is 29.2 Å². The second-order valence-electron chi connectivity index (χ2n) is 12.5. The number of aliphatic hydroxyl groups is 1. The van der Waals surface area contributed by atoms with E-state index in [0.29, 0.717) is 33.5 Å². The summed E-state index contributed by atoms with van der Waals surface area (Å²) in [5.41, 5.74) is 5.65. The summed E-state index contributed by atoms with van der Waals surface area (Å²) in [6.07, 6.45) is 11.4. The van der Waals surface area contributed by atoms with Crippen LogP contribution in [-0.4, -0.2) is 29.7 Å². The van der Waals surface area contributed by atoms with E-state index in [1.165, 1.54) is 32.1 Å². The SMILES string of the molecule is O=S1(=O)NC(O)=CN1c1cccc(-n2cc(-c3ccc(Cl)cc3Cl)nc2Cc2ccc(-c3ccc(OCCC4CCCCC4)cc3)cc2)c1. The lowest BCUT2D eigenvalue weighted by Gasteiger charge is -2.21. The van der Waals surface area contributed by atoms with E-state index >= 15 is 0 Å². The molecule has 1 aliphatic heterocycles. The first-order valence-corrected chi connectivity index (χ1v) is 18.6. The quantitative estimate of drug-likeness (QED) is 0.150. The molecule has 0 amide bonds. The van der Waals surface area contributed by atoms with Crippen LogP contribution in [0.15, 0.2) is 109 Å². The van der Waals surface area contributed by atoms with Crippen LogP contribution in [0.3, 0.4) is 0 Å². The van der Waals surface area contributed by atoms with Crippen molar-refractivity contribution in [1.82, 2.24) is 14.3 Å². The number of hydrogen-bond acceptors (Lipinski definition) is 5. The normalized spacial score (nSPS) is 16.0. The molecule has 11 heteroatoms. The van der Waals surface area contributed by atoms with E-state index in [9.17, 15) is 13.5 Å². The van der Waals surface area contributed by atoms with Crippen molar-refractivity contribution in [1.29, 1.82) is 0 Å². The van der Waals surface area contributed by atoms with Gasteiger partial charge in [0.1, 0.15) is 11.6 Å². The molecule has 0 unspecified atom stereocenters. The Morgan fingerprint density at radius 3 is 2.29 bits per heavy atom. The van der Waals surface area contributed by atoms with E-state index in [-0.39, 0.29) is 0 Å². The highest BCUT2D eigenvalue weighted by molar-refractivity contribution is 7.91. The van der Waals surface area contributed by atoms with Gasteiger partial charge in [0.2, 0.25) is 5.88 Å². The second-order valence-corrected chi connectivity index (χ2v) is 14.9. The van der Waals surface area contributed by atoms with E-state index in [1.54, 1.807) is 30.3 Å². The lowest BCUT2D eigenvalue weighted by Crippen LogP contribution is -2.29. The molecular weight excluding hydrogens is 679 g/mol. The molecule has 0 atom stereocenters. The molecule has 1 aromatic heterocycles. The first-order valence-electron chi connectivity index (χ1n) is 16.4. The molecule has 2 heterocycles. The van der Waals surface area contributed by atoms with Gasteiger partial charge < -0.3 is 14.4 Å². The highest BCUT2D eigenvalue weighted by atomic mass is 35.5. The van der Waals surface area contributed by atoms with Crippen LogP contribution in [0.4, 0.5) is 5.69 Å². The second kappa shape index (κ2) is 14.2. The van der Waals surface area contributed by atoms with Crippen molar-refractivity contribution in [3.8, 4) is 33.8 Å². The van der Waals surface area contributed by atoms with Crippen LogP contribution in [0.5, 0.6) is 5.75 Å². The smallest absolute Gasteiger partial charge is 0.330 e. The van der Waals surface area contributed by atoms with Crippen LogP contribution in [0, 0.1) is 5.92 Å². The van der Waals surface area contributed by atoms with E-state index in [2.05, 4.69) is 41.1 Å². The summed E-state index contributed by atoms with van der Waals surface area (Å²) < 4.78 is 36.2. The maximum absolute atomic E-state index is 12.6. The maximum atomic E-state index is 12.6. The van der Waals surface area contributed by atoms with Crippen molar-refractivity contribution >= 4 is 39.1 Å². The predicted molar refractivity (Wildman–Crippen MR) is 196 cm³/mol. The number of nitrogens with zero attached hydrogens (tertiary/aromatic N) is 3. The summed E-state index contributed by atoms with van der Waals surface area (Å²) in [4.78, 5) is 4.98. The largest absolute Gasteiger partial charge is 0.494 e. The van der Waals surface area contributed by atoms with Gasteiger partial charge in [-0.3, -0.25) is 0 Å². The third-order valence-electron chi connectivity index (χ3n) is 9.10. The molecule has 252 valence electrons. The molecule has 2 aliphatic rings.